The number of anilines is 1. The first-order valence-electron chi connectivity index (χ1n) is 15.3. The monoisotopic (exact) mass is 579 g/mol. The van der Waals surface area contributed by atoms with E-state index in [1.165, 1.54) is 12.1 Å². The number of unbranched alkanes of at least 4 members (excludes halogenated alkanes) is 3. The zero-order valence-corrected chi connectivity index (χ0v) is 25.7. The molecule has 2 heterocycles. The average molecular weight is 580 g/mol. The second kappa shape index (κ2) is 13.0. The molecule has 5 nitrogen and oxygen atoms in total. The zero-order valence-electron chi connectivity index (χ0n) is 25.7. The van der Waals surface area contributed by atoms with Gasteiger partial charge in [0.05, 0.1) is 22.7 Å². The molecule has 4 rings (SSSR count). The number of nitrogens with one attached hydrogen (secondary N) is 1. The van der Waals surface area contributed by atoms with Crippen LogP contribution in [0.1, 0.15) is 106 Å². The number of fused-ring (bicyclic) bond motifs is 1. The maximum absolute atomic E-state index is 14.8. The highest BCUT2D eigenvalue weighted by Gasteiger charge is 2.49. The molecule has 1 aromatic carbocycles. The number of hydrogen-bond donors (Lipinski definition) is 1. The van der Waals surface area contributed by atoms with Crippen molar-refractivity contribution in [2.24, 2.45) is 5.41 Å². The second-order valence-corrected chi connectivity index (χ2v) is 12.3. The van der Waals surface area contributed by atoms with Crippen molar-refractivity contribution in [3.8, 4) is 6.07 Å². The molecule has 0 radical (unpaired) electrons. The van der Waals surface area contributed by atoms with Gasteiger partial charge < -0.3 is 10.2 Å². The van der Waals surface area contributed by atoms with E-state index < -0.39 is 29.1 Å². The van der Waals surface area contributed by atoms with Crippen LogP contribution in [-0.2, 0) is 5.92 Å². The van der Waals surface area contributed by atoms with Crippen LogP contribution in [0, 0.1) is 36.4 Å². The van der Waals surface area contributed by atoms with E-state index in [9.17, 15) is 18.4 Å². The Balaban J connectivity index is 1.22. The molecule has 1 aliphatic heterocycles. The van der Waals surface area contributed by atoms with Crippen molar-refractivity contribution in [1.29, 1.82) is 5.26 Å². The fraction of sp³-hybridized carbons (Fsp3) is 0.559. The van der Waals surface area contributed by atoms with Crippen LogP contribution in [0.5, 0.6) is 0 Å². The lowest BCUT2D eigenvalue weighted by Crippen LogP contribution is -2.31. The Labute approximate surface area is 248 Å². The first kappa shape index (κ1) is 31.7. The Morgan fingerprint density at radius 3 is 2.50 bits per heavy atom. The standard InChI is InChI=1S/C34H44F3N5/c1-22(2)27-13-11-14-29(31(27)35)34(36,37)17-18-39-23(3)12-9-7-8-10-19-42-25(5)30(33(21-38)15-16-33)20-28-24(4)40-26(6)41-32(28)42/h11,13-14,20,22-23,39H,5,7-10,12,15-19H2,1-4,6H3. The molecular weight excluding hydrogens is 535 g/mol. The summed E-state index contributed by atoms with van der Waals surface area (Å²) in [7, 11) is 0. The van der Waals surface area contributed by atoms with Crippen LogP contribution in [0.4, 0.5) is 19.0 Å². The first-order valence-corrected chi connectivity index (χ1v) is 15.3. The minimum absolute atomic E-state index is 0.0949. The summed E-state index contributed by atoms with van der Waals surface area (Å²) in [5.74, 6) is -2.57. The Hall–Kier alpha value is -3.18. The maximum Gasteiger partial charge on any atom is 0.277 e. The van der Waals surface area contributed by atoms with Crippen LogP contribution < -0.4 is 10.2 Å². The molecule has 1 aromatic heterocycles. The van der Waals surface area contributed by atoms with Gasteiger partial charge in [-0.05, 0) is 69.6 Å². The van der Waals surface area contributed by atoms with Gasteiger partial charge >= 0.3 is 0 Å². The topological polar surface area (TPSA) is 64.8 Å². The summed E-state index contributed by atoms with van der Waals surface area (Å²) in [6.07, 6.45) is 8.19. The summed E-state index contributed by atoms with van der Waals surface area (Å²) in [5.41, 5.74) is 3.12. The van der Waals surface area contributed by atoms with Gasteiger partial charge in [-0.1, -0.05) is 57.9 Å². The van der Waals surface area contributed by atoms with E-state index in [-0.39, 0.29) is 18.5 Å². The molecule has 1 atom stereocenters. The first-order chi connectivity index (χ1) is 19.9. The van der Waals surface area contributed by atoms with Crippen molar-refractivity contribution in [2.45, 2.75) is 104 Å². The number of nitrogens with zero attached hydrogens (tertiary/aromatic N) is 4. The Morgan fingerprint density at radius 2 is 1.83 bits per heavy atom. The molecule has 0 saturated heterocycles. The number of benzene rings is 1. The quantitative estimate of drug-likeness (QED) is 0.227. The highest BCUT2D eigenvalue weighted by atomic mass is 19.3. The van der Waals surface area contributed by atoms with E-state index in [4.69, 9.17) is 4.98 Å². The number of nitriles is 1. The van der Waals surface area contributed by atoms with Crippen LogP contribution in [0.25, 0.3) is 6.08 Å². The minimum atomic E-state index is -3.22. The number of rotatable bonds is 14. The van der Waals surface area contributed by atoms with Crippen molar-refractivity contribution in [1.82, 2.24) is 15.3 Å². The third-order valence-electron chi connectivity index (χ3n) is 8.63. The van der Waals surface area contributed by atoms with E-state index >= 15 is 0 Å². The Kier molecular flexibility index (Phi) is 9.82. The van der Waals surface area contributed by atoms with Gasteiger partial charge in [0, 0.05) is 36.8 Å². The summed E-state index contributed by atoms with van der Waals surface area (Å²) in [4.78, 5) is 11.4. The number of aryl methyl sites for hydroxylation is 2. The lowest BCUT2D eigenvalue weighted by molar-refractivity contribution is -0.0168. The lowest BCUT2D eigenvalue weighted by Gasteiger charge is -2.34. The van der Waals surface area contributed by atoms with Crippen LogP contribution in [0.3, 0.4) is 0 Å². The van der Waals surface area contributed by atoms with Crippen LogP contribution >= 0.6 is 0 Å². The van der Waals surface area contributed by atoms with Crippen LogP contribution in [-0.4, -0.2) is 29.1 Å². The summed E-state index contributed by atoms with van der Waals surface area (Å²) < 4.78 is 44.3. The van der Waals surface area contributed by atoms with Crippen molar-refractivity contribution >= 4 is 11.9 Å². The van der Waals surface area contributed by atoms with Crippen LogP contribution in [0.2, 0.25) is 0 Å². The maximum atomic E-state index is 14.8. The SMILES string of the molecule is C=C1C(C2(C#N)CC2)=Cc2c(C)nc(C)nc2N1CCCCCCC(C)NCCC(F)(F)c1cccc(C(C)C)c1F. The molecular formula is C34H44F3N5. The van der Waals surface area contributed by atoms with E-state index in [1.54, 1.807) is 19.9 Å². The van der Waals surface area contributed by atoms with E-state index in [0.717, 1.165) is 85.7 Å². The summed E-state index contributed by atoms with van der Waals surface area (Å²) >= 11 is 0. The van der Waals surface area contributed by atoms with Gasteiger partial charge in [0.25, 0.3) is 5.92 Å². The minimum Gasteiger partial charge on any atom is -0.326 e. The Morgan fingerprint density at radius 1 is 1.12 bits per heavy atom. The molecule has 1 N–H and O–H groups in total. The molecule has 0 bridgehead atoms. The molecule has 1 unspecified atom stereocenters. The third kappa shape index (κ3) is 6.89. The predicted molar refractivity (Wildman–Crippen MR) is 163 cm³/mol. The summed E-state index contributed by atoms with van der Waals surface area (Å²) in [6.45, 7) is 14.7. The van der Waals surface area contributed by atoms with Gasteiger partial charge in [-0.25, -0.2) is 23.1 Å². The van der Waals surface area contributed by atoms with Gasteiger partial charge in [0.15, 0.2) is 0 Å². The predicted octanol–water partition coefficient (Wildman–Crippen LogP) is 8.49. The molecule has 1 aliphatic carbocycles. The number of alkyl halides is 2. The molecule has 2 aliphatic rings. The Bertz CT molecular complexity index is 1370. The number of halogens is 3. The molecule has 0 amide bonds. The van der Waals surface area contributed by atoms with Crippen molar-refractivity contribution in [2.75, 3.05) is 18.0 Å². The molecule has 1 fully saturated rings. The highest BCUT2D eigenvalue weighted by Crippen LogP contribution is 2.56. The van der Waals surface area contributed by atoms with Crippen molar-refractivity contribution < 1.29 is 13.2 Å². The molecule has 2 aromatic rings. The van der Waals surface area contributed by atoms with Gasteiger partial charge in [0.1, 0.15) is 17.5 Å². The fourth-order valence-corrected chi connectivity index (χ4v) is 5.86. The van der Waals surface area contributed by atoms with Crippen LogP contribution in [0.15, 0.2) is 36.0 Å². The molecule has 42 heavy (non-hydrogen) atoms. The van der Waals surface area contributed by atoms with E-state index in [2.05, 4.69) is 33.9 Å². The molecule has 8 heteroatoms. The van der Waals surface area contributed by atoms with Gasteiger partial charge in [-0.3, -0.25) is 0 Å². The van der Waals surface area contributed by atoms with Crippen molar-refractivity contribution in [3.63, 3.8) is 0 Å². The number of aromatic nitrogens is 2. The molecule has 0 spiro atoms. The molecule has 1 saturated carbocycles. The summed E-state index contributed by atoms with van der Waals surface area (Å²) in [6, 6.07) is 6.89. The van der Waals surface area contributed by atoms with E-state index in [0.29, 0.717) is 5.56 Å². The zero-order chi connectivity index (χ0) is 30.7. The average Bonchev–Trinajstić information content (AvgIpc) is 3.72. The molecule has 226 valence electrons. The van der Waals surface area contributed by atoms with E-state index in [1.807, 2.05) is 20.8 Å². The normalized spacial score (nSPS) is 16.7. The van der Waals surface area contributed by atoms with Gasteiger partial charge in [-0.15, -0.1) is 0 Å². The second-order valence-electron chi connectivity index (χ2n) is 12.3. The van der Waals surface area contributed by atoms with Crippen molar-refractivity contribution in [3.05, 3.63) is 70.1 Å². The lowest BCUT2D eigenvalue weighted by atomic mass is 9.89. The third-order valence-corrected chi connectivity index (χ3v) is 8.63. The van der Waals surface area contributed by atoms with Gasteiger partial charge in [-0.2, -0.15) is 5.26 Å². The summed E-state index contributed by atoms with van der Waals surface area (Å²) in [5, 5.41) is 13.0. The largest absolute Gasteiger partial charge is 0.326 e. The smallest absolute Gasteiger partial charge is 0.277 e. The highest BCUT2D eigenvalue weighted by molar-refractivity contribution is 5.80. The number of hydrogen-bond acceptors (Lipinski definition) is 5. The van der Waals surface area contributed by atoms with Gasteiger partial charge in [0.2, 0.25) is 0 Å². The number of allylic oxidation sites excluding steroid dienone is 1. The fourth-order valence-electron chi connectivity index (χ4n) is 5.86.